The number of likely N-dealkylation sites (tertiary alicyclic amines) is 1. The standard InChI is InChI=1S/C12H22N2O2/c1-16-9-5-7-14(8-6-9)12(15)10-3-2-4-11(10)13/h9-11H,2-8,13H2,1H3. The molecule has 2 fully saturated rings. The Hall–Kier alpha value is -0.610. The van der Waals surface area contributed by atoms with Gasteiger partial charge in [-0.3, -0.25) is 4.79 Å². The number of nitrogens with two attached hydrogens (primary N) is 1. The van der Waals surface area contributed by atoms with Crippen molar-refractivity contribution in [2.45, 2.75) is 44.2 Å². The van der Waals surface area contributed by atoms with Gasteiger partial charge in [0.25, 0.3) is 0 Å². The molecule has 2 unspecified atom stereocenters. The van der Waals surface area contributed by atoms with Gasteiger partial charge < -0.3 is 15.4 Å². The fraction of sp³-hybridized carbons (Fsp3) is 0.917. The fourth-order valence-corrected chi connectivity index (χ4v) is 2.84. The lowest BCUT2D eigenvalue weighted by atomic mass is 10.00. The molecule has 1 saturated heterocycles. The number of ether oxygens (including phenoxy) is 1. The van der Waals surface area contributed by atoms with Gasteiger partial charge in [-0.2, -0.15) is 0 Å². The summed E-state index contributed by atoms with van der Waals surface area (Å²) in [4.78, 5) is 14.2. The molecular formula is C12H22N2O2. The number of hydrogen-bond donors (Lipinski definition) is 1. The molecule has 0 spiro atoms. The van der Waals surface area contributed by atoms with E-state index in [0.717, 1.165) is 45.2 Å². The van der Waals surface area contributed by atoms with Gasteiger partial charge in [0.15, 0.2) is 0 Å². The largest absolute Gasteiger partial charge is 0.381 e. The first-order chi connectivity index (χ1) is 7.72. The molecule has 0 aromatic carbocycles. The molecule has 2 N–H and O–H groups in total. The molecule has 0 aromatic heterocycles. The minimum Gasteiger partial charge on any atom is -0.381 e. The van der Waals surface area contributed by atoms with Crippen molar-refractivity contribution in [1.82, 2.24) is 4.90 Å². The first kappa shape index (κ1) is 11.9. The van der Waals surface area contributed by atoms with Gasteiger partial charge in [0.2, 0.25) is 5.91 Å². The Kier molecular flexibility index (Phi) is 3.82. The summed E-state index contributed by atoms with van der Waals surface area (Å²) in [6, 6.07) is 0.0904. The lowest BCUT2D eigenvalue weighted by Crippen LogP contribution is -2.46. The normalized spacial score (nSPS) is 32.0. The SMILES string of the molecule is COC1CCN(C(=O)C2CCCC2N)CC1. The monoisotopic (exact) mass is 226 g/mol. The minimum absolute atomic E-state index is 0.0825. The van der Waals surface area contributed by atoms with E-state index in [4.69, 9.17) is 10.5 Å². The van der Waals surface area contributed by atoms with Gasteiger partial charge in [0.05, 0.1) is 12.0 Å². The Bertz CT molecular complexity index is 249. The van der Waals surface area contributed by atoms with Gasteiger partial charge in [-0.1, -0.05) is 6.42 Å². The molecule has 4 heteroatoms. The van der Waals surface area contributed by atoms with Crippen LogP contribution in [-0.2, 0) is 9.53 Å². The van der Waals surface area contributed by atoms with Crippen LogP contribution in [-0.4, -0.2) is 43.2 Å². The maximum absolute atomic E-state index is 12.2. The second kappa shape index (κ2) is 5.15. The summed E-state index contributed by atoms with van der Waals surface area (Å²) in [5.74, 6) is 0.360. The van der Waals surface area contributed by atoms with Crippen LogP contribution in [0.15, 0.2) is 0 Å². The van der Waals surface area contributed by atoms with Gasteiger partial charge in [0, 0.05) is 26.2 Å². The number of piperidine rings is 1. The summed E-state index contributed by atoms with van der Waals surface area (Å²) in [7, 11) is 1.75. The summed E-state index contributed by atoms with van der Waals surface area (Å²) in [5, 5.41) is 0. The smallest absolute Gasteiger partial charge is 0.227 e. The molecule has 0 radical (unpaired) electrons. The molecule has 1 aliphatic carbocycles. The second-order valence-electron chi connectivity index (χ2n) is 4.96. The van der Waals surface area contributed by atoms with Crippen LogP contribution in [0.1, 0.15) is 32.1 Å². The molecule has 1 aliphatic heterocycles. The minimum atomic E-state index is 0.0825. The van der Waals surface area contributed by atoms with Crippen molar-refractivity contribution in [3.63, 3.8) is 0 Å². The Morgan fingerprint density at radius 2 is 1.94 bits per heavy atom. The molecule has 1 saturated carbocycles. The van der Waals surface area contributed by atoms with Crippen LogP contribution in [0, 0.1) is 5.92 Å². The molecular weight excluding hydrogens is 204 g/mol. The Balaban J connectivity index is 1.86. The lowest BCUT2D eigenvalue weighted by Gasteiger charge is -2.33. The highest BCUT2D eigenvalue weighted by Gasteiger charge is 2.34. The summed E-state index contributed by atoms with van der Waals surface area (Å²) in [6.45, 7) is 1.67. The zero-order chi connectivity index (χ0) is 11.5. The predicted octanol–water partition coefficient (Wildman–Crippen LogP) is 0.751. The first-order valence-corrected chi connectivity index (χ1v) is 6.29. The Labute approximate surface area is 97.1 Å². The number of nitrogens with zero attached hydrogens (tertiary/aromatic N) is 1. The Morgan fingerprint density at radius 1 is 1.25 bits per heavy atom. The number of hydrogen-bond acceptors (Lipinski definition) is 3. The number of carbonyl (C=O) groups is 1. The quantitative estimate of drug-likeness (QED) is 0.756. The maximum atomic E-state index is 12.2. The molecule has 92 valence electrons. The highest BCUT2D eigenvalue weighted by molar-refractivity contribution is 5.80. The predicted molar refractivity (Wildman–Crippen MR) is 61.9 cm³/mol. The number of rotatable bonds is 2. The average molecular weight is 226 g/mol. The van der Waals surface area contributed by atoms with Crippen molar-refractivity contribution >= 4 is 5.91 Å². The first-order valence-electron chi connectivity index (χ1n) is 6.29. The molecule has 2 atom stereocenters. The van der Waals surface area contributed by atoms with E-state index < -0.39 is 0 Å². The van der Waals surface area contributed by atoms with Gasteiger partial charge in [-0.15, -0.1) is 0 Å². The van der Waals surface area contributed by atoms with Crippen LogP contribution < -0.4 is 5.73 Å². The third kappa shape index (κ3) is 2.38. The van der Waals surface area contributed by atoms with Crippen LogP contribution in [0.4, 0.5) is 0 Å². The van der Waals surface area contributed by atoms with Gasteiger partial charge >= 0.3 is 0 Å². The zero-order valence-corrected chi connectivity index (χ0v) is 10.0. The van der Waals surface area contributed by atoms with Crippen molar-refractivity contribution in [2.75, 3.05) is 20.2 Å². The summed E-state index contributed by atoms with van der Waals surface area (Å²) in [5.41, 5.74) is 5.97. The third-order valence-corrected chi connectivity index (χ3v) is 3.97. The zero-order valence-electron chi connectivity index (χ0n) is 10.0. The summed E-state index contributed by atoms with van der Waals surface area (Å²) in [6.07, 6.45) is 5.34. The third-order valence-electron chi connectivity index (χ3n) is 3.97. The van der Waals surface area contributed by atoms with Crippen molar-refractivity contribution in [2.24, 2.45) is 11.7 Å². The van der Waals surface area contributed by atoms with Crippen LogP contribution in [0.25, 0.3) is 0 Å². The number of carbonyl (C=O) groups excluding carboxylic acids is 1. The highest BCUT2D eigenvalue weighted by atomic mass is 16.5. The maximum Gasteiger partial charge on any atom is 0.227 e. The van der Waals surface area contributed by atoms with Crippen molar-refractivity contribution in [1.29, 1.82) is 0 Å². The molecule has 16 heavy (non-hydrogen) atoms. The van der Waals surface area contributed by atoms with Gasteiger partial charge in [0.1, 0.15) is 0 Å². The molecule has 0 aromatic rings. The van der Waals surface area contributed by atoms with Crippen LogP contribution in [0.3, 0.4) is 0 Å². The number of amides is 1. The van der Waals surface area contributed by atoms with E-state index in [-0.39, 0.29) is 17.9 Å². The molecule has 4 nitrogen and oxygen atoms in total. The van der Waals surface area contributed by atoms with Crippen molar-refractivity contribution in [3.8, 4) is 0 Å². The summed E-state index contributed by atoms with van der Waals surface area (Å²) >= 11 is 0. The van der Waals surface area contributed by atoms with E-state index in [1.165, 1.54) is 0 Å². The van der Waals surface area contributed by atoms with E-state index in [2.05, 4.69) is 0 Å². The van der Waals surface area contributed by atoms with E-state index >= 15 is 0 Å². The van der Waals surface area contributed by atoms with Crippen molar-refractivity contribution < 1.29 is 9.53 Å². The van der Waals surface area contributed by atoms with Crippen LogP contribution in [0.2, 0.25) is 0 Å². The summed E-state index contributed by atoms with van der Waals surface area (Å²) < 4.78 is 5.30. The van der Waals surface area contributed by atoms with Crippen molar-refractivity contribution in [3.05, 3.63) is 0 Å². The van der Waals surface area contributed by atoms with E-state index in [1.807, 2.05) is 4.90 Å². The molecule has 2 aliphatic rings. The molecule has 1 heterocycles. The fourth-order valence-electron chi connectivity index (χ4n) is 2.84. The van der Waals surface area contributed by atoms with Gasteiger partial charge in [-0.25, -0.2) is 0 Å². The Morgan fingerprint density at radius 3 is 2.44 bits per heavy atom. The van der Waals surface area contributed by atoms with Crippen LogP contribution >= 0.6 is 0 Å². The van der Waals surface area contributed by atoms with E-state index in [1.54, 1.807) is 7.11 Å². The van der Waals surface area contributed by atoms with Gasteiger partial charge in [-0.05, 0) is 25.7 Å². The molecule has 0 bridgehead atoms. The van der Waals surface area contributed by atoms with E-state index in [0.29, 0.717) is 6.10 Å². The molecule has 1 amide bonds. The highest BCUT2D eigenvalue weighted by Crippen LogP contribution is 2.27. The second-order valence-corrected chi connectivity index (χ2v) is 4.96. The van der Waals surface area contributed by atoms with E-state index in [9.17, 15) is 4.79 Å². The van der Waals surface area contributed by atoms with Crippen LogP contribution in [0.5, 0.6) is 0 Å². The average Bonchev–Trinajstić information content (AvgIpc) is 2.75. The molecule has 2 rings (SSSR count). The number of methoxy groups -OCH3 is 1. The lowest BCUT2D eigenvalue weighted by molar-refractivity contribution is -0.138. The topological polar surface area (TPSA) is 55.6 Å².